The van der Waals surface area contributed by atoms with Crippen molar-refractivity contribution in [3.63, 3.8) is 0 Å². The summed E-state index contributed by atoms with van der Waals surface area (Å²) in [5, 5.41) is 3.07. The zero-order chi connectivity index (χ0) is 11.8. The number of carbonyl (C=O) groups is 1. The number of esters is 1. The van der Waals surface area contributed by atoms with Crippen molar-refractivity contribution in [1.82, 2.24) is 5.32 Å². The SMILES string of the molecule is COC(=O)C(C)NCCOC1CCCCC1. The Balaban J connectivity index is 2.00. The van der Waals surface area contributed by atoms with Gasteiger partial charge in [-0.2, -0.15) is 0 Å². The van der Waals surface area contributed by atoms with Gasteiger partial charge in [-0.1, -0.05) is 19.3 Å². The molecular weight excluding hydrogens is 206 g/mol. The first kappa shape index (κ1) is 13.5. The number of ether oxygens (including phenoxy) is 2. The molecule has 0 radical (unpaired) electrons. The normalized spacial score (nSPS) is 19.4. The van der Waals surface area contributed by atoms with Crippen molar-refractivity contribution < 1.29 is 14.3 Å². The molecule has 1 N–H and O–H groups in total. The first-order chi connectivity index (χ1) is 7.74. The molecule has 0 saturated heterocycles. The first-order valence-electron chi connectivity index (χ1n) is 6.17. The van der Waals surface area contributed by atoms with E-state index >= 15 is 0 Å². The van der Waals surface area contributed by atoms with Crippen molar-refractivity contribution in [3.8, 4) is 0 Å². The molecule has 4 heteroatoms. The van der Waals surface area contributed by atoms with Gasteiger partial charge in [0.2, 0.25) is 0 Å². The van der Waals surface area contributed by atoms with Crippen LogP contribution in [-0.4, -0.2) is 38.4 Å². The minimum Gasteiger partial charge on any atom is -0.468 e. The van der Waals surface area contributed by atoms with Crippen molar-refractivity contribution in [2.24, 2.45) is 0 Å². The zero-order valence-electron chi connectivity index (χ0n) is 10.3. The third-order valence-electron chi connectivity index (χ3n) is 3.01. The summed E-state index contributed by atoms with van der Waals surface area (Å²) in [4.78, 5) is 11.1. The van der Waals surface area contributed by atoms with Gasteiger partial charge in [0.15, 0.2) is 0 Å². The van der Waals surface area contributed by atoms with Gasteiger partial charge in [0.25, 0.3) is 0 Å². The van der Waals surface area contributed by atoms with E-state index in [-0.39, 0.29) is 12.0 Å². The van der Waals surface area contributed by atoms with E-state index in [1.54, 1.807) is 6.92 Å². The van der Waals surface area contributed by atoms with Crippen molar-refractivity contribution >= 4 is 5.97 Å². The largest absolute Gasteiger partial charge is 0.468 e. The fraction of sp³-hybridized carbons (Fsp3) is 0.917. The molecule has 1 rings (SSSR count). The van der Waals surface area contributed by atoms with Crippen molar-refractivity contribution in [1.29, 1.82) is 0 Å². The van der Waals surface area contributed by atoms with Crippen LogP contribution in [0.15, 0.2) is 0 Å². The molecule has 0 aromatic carbocycles. The Morgan fingerprint density at radius 1 is 1.38 bits per heavy atom. The molecular formula is C12H23NO3. The second-order valence-corrected chi connectivity index (χ2v) is 4.33. The van der Waals surface area contributed by atoms with Crippen LogP contribution in [0.5, 0.6) is 0 Å². The molecule has 94 valence electrons. The van der Waals surface area contributed by atoms with Crippen LogP contribution in [0.3, 0.4) is 0 Å². The summed E-state index contributed by atoms with van der Waals surface area (Å²) in [5.41, 5.74) is 0. The second-order valence-electron chi connectivity index (χ2n) is 4.33. The third-order valence-corrected chi connectivity index (χ3v) is 3.01. The molecule has 1 saturated carbocycles. The summed E-state index contributed by atoms with van der Waals surface area (Å²) in [6.45, 7) is 3.17. The molecule has 0 amide bonds. The standard InChI is InChI=1S/C12H23NO3/c1-10(12(14)15-2)13-8-9-16-11-6-4-3-5-7-11/h10-11,13H,3-9H2,1-2H3. The Labute approximate surface area is 97.7 Å². The molecule has 16 heavy (non-hydrogen) atoms. The molecule has 4 nitrogen and oxygen atoms in total. The molecule has 0 aromatic heterocycles. The Bertz CT molecular complexity index is 202. The quantitative estimate of drug-likeness (QED) is 0.553. The molecule has 0 spiro atoms. The monoisotopic (exact) mass is 229 g/mol. The van der Waals surface area contributed by atoms with Crippen LogP contribution in [0.1, 0.15) is 39.0 Å². The average molecular weight is 229 g/mol. The summed E-state index contributed by atoms with van der Waals surface area (Å²) >= 11 is 0. The molecule has 1 fully saturated rings. The maximum Gasteiger partial charge on any atom is 0.322 e. The number of methoxy groups -OCH3 is 1. The van der Waals surface area contributed by atoms with Gasteiger partial charge in [-0.15, -0.1) is 0 Å². The van der Waals surface area contributed by atoms with Crippen LogP contribution in [0.4, 0.5) is 0 Å². The Morgan fingerprint density at radius 3 is 2.69 bits per heavy atom. The fourth-order valence-electron chi connectivity index (χ4n) is 1.99. The predicted octanol–water partition coefficient (Wildman–Crippen LogP) is 1.49. The van der Waals surface area contributed by atoms with E-state index in [9.17, 15) is 4.79 Å². The van der Waals surface area contributed by atoms with Crippen molar-refractivity contribution in [2.45, 2.75) is 51.2 Å². The number of nitrogens with one attached hydrogen (secondary N) is 1. The van der Waals surface area contributed by atoms with E-state index in [2.05, 4.69) is 10.1 Å². The van der Waals surface area contributed by atoms with Gasteiger partial charge in [-0.05, 0) is 19.8 Å². The topological polar surface area (TPSA) is 47.6 Å². The summed E-state index contributed by atoms with van der Waals surface area (Å²) in [6, 6.07) is -0.250. The Morgan fingerprint density at radius 2 is 2.06 bits per heavy atom. The maximum atomic E-state index is 11.1. The molecule has 0 bridgehead atoms. The molecule has 0 heterocycles. The summed E-state index contributed by atoms with van der Waals surface area (Å²) in [7, 11) is 1.40. The van der Waals surface area contributed by atoms with Gasteiger partial charge in [0.1, 0.15) is 6.04 Å². The van der Waals surface area contributed by atoms with Crippen LogP contribution in [0.25, 0.3) is 0 Å². The van der Waals surface area contributed by atoms with Gasteiger partial charge in [-0.25, -0.2) is 0 Å². The molecule has 1 aliphatic rings. The minimum absolute atomic E-state index is 0.224. The minimum atomic E-state index is -0.250. The number of rotatable bonds is 6. The van der Waals surface area contributed by atoms with E-state index in [1.165, 1.54) is 39.2 Å². The first-order valence-corrected chi connectivity index (χ1v) is 6.17. The van der Waals surface area contributed by atoms with Crippen molar-refractivity contribution in [2.75, 3.05) is 20.3 Å². The summed E-state index contributed by atoms with van der Waals surface area (Å²) < 4.78 is 10.3. The lowest BCUT2D eigenvalue weighted by Gasteiger charge is -2.22. The lowest BCUT2D eigenvalue weighted by atomic mass is 9.98. The molecule has 0 aliphatic heterocycles. The molecule has 1 atom stereocenters. The van der Waals surface area contributed by atoms with E-state index < -0.39 is 0 Å². The van der Waals surface area contributed by atoms with E-state index in [1.807, 2.05) is 0 Å². The van der Waals surface area contributed by atoms with Crippen LogP contribution in [0.2, 0.25) is 0 Å². The van der Waals surface area contributed by atoms with Gasteiger partial charge in [0, 0.05) is 6.54 Å². The third kappa shape index (κ3) is 4.94. The smallest absolute Gasteiger partial charge is 0.322 e. The predicted molar refractivity (Wildman–Crippen MR) is 62.3 cm³/mol. The highest BCUT2D eigenvalue weighted by Gasteiger charge is 2.14. The molecule has 1 unspecified atom stereocenters. The zero-order valence-corrected chi connectivity index (χ0v) is 10.3. The van der Waals surface area contributed by atoms with Gasteiger partial charge >= 0.3 is 5.97 Å². The molecule has 1 aliphatic carbocycles. The van der Waals surface area contributed by atoms with E-state index in [4.69, 9.17) is 4.74 Å². The van der Waals surface area contributed by atoms with Crippen LogP contribution in [-0.2, 0) is 14.3 Å². The average Bonchev–Trinajstić information content (AvgIpc) is 2.34. The highest BCUT2D eigenvalue weighted by molar-refractivity contribution is 5.74. The molecule has 0 aromatic rings. The van der Waals surface area contributed by atoms with Gasteiger partial charge in [-0.3, -0.25) is 4.79 Å². The lowest BCUT2D eigenvalue weighted by Crippen LogP contribution is -2.37. The lowest BCUT2D eigenvalue weighted by molar-refractivity contribution is -0.142. The van der Waals surface area contributed by atoms with Crippen LogP contribution in [0, 0.1) is 0 Å². The summed E-state index contributed by atoms with van der Waals surface area (Å²) in [6.07, 6.45) is 6.73. The van der Waals surface area contributed by atoms with E-state index in [0.29, 0.717) is 19.3 Å². The highest BCUT2D eigenvalue weighted by atomic mass is 16.5. The Hall–Kier alpha value is -0.610. The van der Waals surface area contributed by atoms with Gasteiger partial charge in [0.05, 0.1) is 19.8 Å². The maximum absolute atomic E-state index is 11.1. The van der Waals surface area contributed by atoms with E-state index in [0.717, 1.165) is 0 Å². The number of carbonyl (C=O) groups excluding carboxylic acids is 1. The summed E-state index contributed by atoms with van der Waals surface area (Å²) in [5.74, 6) is -0.224. The highest BCUT2D eigenvalue weighted by Crippen LogP contribution is 2.19. The van der Waals surface area contributed by atoms with Crippen LogP contribution < -0.4 is 5.32 Å². The number of hydrogen-bond acceptors (Lipinski definition) is 4. The fourth-order valence-corrected chi connectivity index (χ4v) is 1.99. The Kier molecular flexibility index (Phi) is 6.42. The van der Waals surface area contributed by atoms with Crippen molar-refractivity contribution in [3.05, 3.63) is 0 Å². The number of hydrogen-bond donors (Lipinski definition) is 1. The second kappa shape index (κ2) is 7.63. The van der Waals surface area contributed by atoms with Gasteiger partial charge < -0.3 is 14.8 Å². The van der Waals surface area contributed by atoms with Crippen LogP contribution >= 0.6 is 0 Å².